The first kappa shape index (κ1) is 17.6. The molecule has 0 atom stereocenters. The summed E-state index contributed by atoms with van der Waals surface area (Å²) in [6.07, 6.45) is 3.17. The number of nitrogens with zero attached hydrogens (tertiary/aromatic N) is 1. The van der Waals surface area contributed by atoms with Crippen LogP contribution in [0, 0.1) is 6.92 Å². The number of anilines is 1. The minimum atomic E-state index is -0.466. The van der Waals surface area contributed by atoms with Gasteiger partial charge in [0.1, 0.15) is 5.60 Å². The highest BCUT2D eigenvalue weighted by Crippen LogP contribution is 2.34. The van der Waals surface area contributed by atoms with Gasteiger partial charge in [0, 0.05) is 18.8 Å². The molecule has 2 heterocycles. The zero-order chi connectivity index (χ0) is 18.7. The minimum absolute atomic E-state index is 0.350. The Bertz CT molecular complexity index is 843. The van der Waals surface area contributed by atoms with Crippen LogP contribution in [0.3, 0.4) is 0 Å². The van der Waals surface area contributed by atoms with Crippen molar-refractivity contribution in [3.8, 4) is 0 Å². The second kappa shape index (κ2) is 7.42. The van der Waals surface area contributed by atoms with Gasteiger partial charge in [0.05, 0.1) is 5.70 Å². The number of rotatable bonds is 3. The Labute approximate surface area is 158 Å². The summed E-state index contributed by atoms with van der Waals surface area (Å²) in [5.41, 5.74) is 6.55. The number of carbonyl (C=O) groups excluding carboxylic acids is 1. The number of piperidine rings is 1. The smallest absolute Gasteiger partial charge is 0.351 e. The molecule has 2 aromatic carbocycles. The van der Waals surface area contributed by atoms with Crippen molar-refractivity contribution < 1.29 is 14.5 Å². The van der Waals surface area contributed by atoms with E-state index < -0.39 is 6.09 Å². The molecule has 27 heavy (non-hydrogen) atoms. The number of hydrogen-bond donors (Lipinski definition) is 2. The zero-order valence-electron chi connectivity index (χ0n) is 15.3. The second-order valence-electron chi connectivity index (χ2n) is 6.94. The molecule has 4 rings (SSSR count). The van der Waals surface area contributed by atoms with Gasteiger partial charge in [0.2, 0.25) is 0 Å². The van der Waals surface area contributed by atoms with Crippen LogP contribution in [0.2, 0.25) is 0 Å². The molecule has 1 saturated heterocycles. The maximum Gasteiger partial charge on any atom is 0.430 e. The molecule has 0 bridgehead atoms. The molecule has 0 aromatic heterocycles. The fraction of sp³-hybridized carbons (Fsp3) is 0.286. The van der Waals surface area contributed by atoms with E-state index in [0.29, 0.717) is 13.1 Å². The standard InChI is InChI=1S/C21H23N3O3/c1-16-7-5-6-10-18(16)22-20(25)26-24-13-11-21(12-14-24)15-19(23-27-21)17-8-3-2-4-9-17/h2-10,15,23H,11-14H2,1H3,(H,22,25). The number of amides is 1. The van der Waals surface area contributed by atoms with E-state index in [9.17, 15) is 4.79 Å². The zero-order valence-corrected chi connectivity index (χ0v) is 15.3. The van der Waals surface area contributed by atoms with E-state index in [4.69, 9.17) is 9.68 Å². The highest BCUT2D eigenvalue weighted by Gasteiger charge is 2.39. The van der Waals surface area contributed by atoms with Crippen molar-refractivity contribution in [3.05, 3.63) is 71.8 Å². The molecule has 6 heteroatoms. The van der Waals surface area contributed by atoms with Crippen molar-refractivity contribution in [1.29, 1.82) is 0 Å². The van der Waals surface area contributed by atoms with Gasteiger partial charge in [0.25, 0.3) is 0 Å². The summed E-state index contributed by atoms with van der Waals surface area (Å²) in [5.74, 6) is 0. The summed E-state index contributed by atoms with van der Waals surface area (Å²) < 4.78 is 0. The minimum Gasteiger partial charge on any atom is -0.351 e. The molecule has 2 aliphatic heterocycles. The lowest BCUT2D eigenvalue weighted by Crippen LogP contribution is -2.45. The molecular weight excluding hydrogens is 342 g/mol. The number of nitrogens with one attached hydrogen (secondary N) is 2. The quantitative estimate of drug-likeness (QED) is 0.865. The van der Waals surface area contributed by atoms with Crippen molar-refractivity contribution in [1.82, 2.24) is 10.5 Å². The Balaban J connectivity index is 1.32. The lowest BCUT2D eigenvalue weighted by atomic mass is 9.91. The summed E-state index contributed by atoms with van der Waals surface area (Å²) in [6, 6.07) is 17.7. The summed E-state index contributed by atoms with van der Waals surface area (Å²) in [4.78, 5) is 23.5. The van der Waals surface area contributed by atoms with Crippen LogP contribution in [-0.2, 0) is 9.68 Å². The average Bonchev–Trinajstić information content (AvgIpc) is 3.10. The van der Waals surface area contributed by atoms with E-state index in [1.54, 1.807) is 5.06 Å². The first-order chi connectivity index (χ1) is 13.1. The summed E-state index contributed by atoms with van der Waals surface area (Å²) in [7, 11) is 0. The first-order valence-corrected chi connectivity index (χ1v) is 9.15. The third kappa shape index (κ3) is 3.97. The Morgan fingerprint density at radius 2 is 1.81 bits per heavy atom. The molecule has 6 nitrogen and oxygen atoms in total. The van der Waals surface area contributed by atoms with Crippen LogP contribution in [-0.4, -0.2) is 29.8 Å². The van der Waals surface area contributed by atoms with Gasteiger partial charge in [-0.05, 0) is 43.0 Å². The van der Waals surface area contributed by atoms with Crippen molar-refractivity contribution in [2.75, 3.05) is 18.4 Å². The number of aryl methyl sites for hydroxylation is 1. The lowest BCUT2D eigenvalue weighted by molar-refractivity contribution is -0.153. The predicted octanol–water partition coefficient (Wildman–Crippen LogP) is 3.87. The van der Waals surface area contributed by atoms with Gasteiger partial charge >= 0.3 is 6.09 Å². The Morgan fingerprint density at radius 1 is 1.11 bits per heavy atom. The largest absolute Gasteiger partial charge is 0.430 e. The van der Waals surface area contributed by atoms with Crippen LogP contribution < -0.4 is 10.8 Å². The van der Waals surface area contributed by atoms with Gasteiger partial charge in [0.15, 0.2) is 0 Å². The fourth-order valence-corrected chi connectivity index (χ4v) is 3.40. The monoisotopic (exact) mass is 365 g/mol. The van der Waals surface area contributed by atoms with Crippen molar-refractivity contribution in [2.45, 2.75) is 25.4 Å². The molecule has 0 unspecified atom stereocenters. The summed E-state index contributed by atoms with van der Waals surface area (Å²) in [5, 5.41) is 4.48. The third-order valence-corrected chi connectivity index (χ3v) is 5.02. The normalized spacial score (nSPS) is 18.6. The van der Waals surface area contributed by atoms with E-state index in [1.165, 1.54) is 0 Å². The molecule has 1 fully saturated rings. The van der Waals surface area contributed by atoms with E-state index in [-0.39, 0.29) is 5.60 Å². The molecule has 2 N–H and O–H groups in total. The van der Waals surface area contributed by atoms with Gasteiger partial charge in [-0.15, -0.1) is 5.06 Å². The summed E-state index contributed by atoms with van der Waals surface area (Å²) >= 11 is 0. The number of para-hydroxylation sites is 1. The molecular formula is C21H23N3O3. The molecule has 2 aromatic rings. The van der Waals surface area contributed by atoms with E-state index >= 15 is 0 Å². The number of carbonyl (C=O) groups is 1. The summed E-state index contributed by atoms with van der Waals surface area (Å²) in [6.45, 7) is 3.17. The van der Waals surface area contributed by atoms with Crippen molar-refractivity contribution >= 4 is 17.5 Å². The first-order valence-electron chi connectivity index (χ1n) is 9.15. The Kier molecular flexibility index (Phi) is 4.83. The molecule has 1 amide bonds. The van der Waals surface area contributed by atoms with Crippen LogP contribution in [0.25, 0.3) is 5.70 Å². The molecule has 140 valence electrons. The van der Waals surface area contributed by atoms with Crippen LogP contribution in [0.15, 0.2) is 60.7 Å². The molecule has 0 radical (unpaired) electrons. The topological polar surface area (TPSA) is 62.8 Å². The van der Waals surface area contributed by atoms with Gasteiger partial charge in [-0.2, -0.15) is 0 Å². The fourth-order valence-electron chi connectivity index (χ4n) is 3.40. The van der Waals surface area contributed by atoms with E-state index in [2.05, 4.69) is 29.0 Å². The highest BCUT2D eigenvalue weighted by atomic mass is 16.7. The van der Waals surface area contributed by atoms with Gasteiger partial charge in [-0.25, -0.2) is 4.79 Å². The molecule has 2 aliphatic rings. The number of hydroxylamine groups is 3. The number of hydrogen-bond acceptors (Lipinski definition) is 5. The van der Waals surface area contributed by atoms with Crippen molar-refractivity contribution in [2.24, 2.45) is 0 Å². The van der Waals surface area contributed by atoms with E-state index in [1.807, 2.05) is 49.4 Å². The van der Waals surface area contributed by atoms with Crippen LogP contribution in [0.4, 0.5) is 10.5 Å². The highest BCUT2D eigenvalue weighted by molar-refractivity contribution is 5.85. The van der Waals surface area contributed by atoms with Gasteiger partial charge in [-0.3, -0.25) is 15.6 Å². The third-order valence-electron chi connectivity index (χ3n) is 5.02. The van der Waals surface area contributed by atoms with Crippen LogP contribution >= 0.6 is 0 Å². The Hall–Kier alpha value is -2.83. The second-order valence-corrected chi connectivity index (χ2v) is 6.94. The van der Waals surface area contributed by atoms with Gasteiger partial charge in [-0.1, -0.05) is 48.5 Å². The van der Waals surface area contributed by atoms with E-state index in [0.717, 1.165) is 35.4 Å². The molecule has 0 aliphatic carbocycles. The SMILES string of the molecule is Cc1ccccc1NC(=O)ON1CCC2(C=C(c3ccccc3)NO2)CC1. The van der Waals surface area contributed by atoms with Crippen LogP contribution in [0.1, 0.15) is 24.0 Å². The number of benzene rings is 2. The van der Waals surface area contributed by atoms with Gasteiger partial charge < -0.3 is 4.84 Å². The average molecular weight is 365 g/mol. The van der Waals surface area contributed by atoms with Crippen molar-refractivity contribution in [3.63, 3.8) is 0 Å². The maximum absolute atomic E-state index is 12.2. The molecule has 0 saturated carbocycles. The predicted molar refractivity (Wildman–Crippen MR) is 103 cm³/mol. The van der Waals surface area contributed by atoms with Crippen LogP contribution in [0.5, 0.6) is 0 Å². The maximum atomic E-state index is 12.2. The lowest BCUT2D eigenvalue weighted by Gasteiger charge is -2.35. The Morgan fingerprint density at radius 3 is 2.56 bits per heavy atom. The molecule has 1 spiro atoms.